The smallest absolute Gasteiger partial charge is 0.332 e. The van der Waals surface area contributed by atoms with Crippen molar-refractivity contribution in [1.82, 2.24) is 18.7 Å². The summed E-state index contributed by atoms with van der Waals surface area (Å²) < 4.78 is 4.02. The predicted molar refractivity (Wildman–Crippen MR) is 111 cm³/mol. The fourth-order valence-corrected chi connectivity index (χ4v) is 4.12. The molecule has 9 heteroatoms. The van der Waals surface area contributed by atoms with Gasteiger partial charge in [0.15, 0.2) is 11.2 Å². The Bertz CT molecular complexity index is 1250. The molecular formula is C20H24N6O3. The van der Waals surface area contributed by atoms with Crippen LogP contribution in [0.1, 0.15) is 18.1 Å². The summed E-state index contributed by atoms with van der Waals surface area (Å²) >= 11 is 0. The van der Waals surface area contributed by atoms with Gasteiger partial charge < -0.3 is 15.2 Å². The molecule has 0 aliphatic carbocycles. The van der Waals surface area contributed by atoms with Gasteiger partial charge >= 0.3 is 5.69 Å². The van der Waals surface area contributed by atoms with Crippen molar-refractivity contribution in [2.24, 2.45) is 18.7 Å². The summed E-state index contributed by atoms with van der Waals surface area (Å²) in [6.07, 6.45) is 0. The number of amides is 1. The van der Waals surface area contributed by atoms with Crippen LogP contribution in [0.4, 0.5) is 11.6 Å². The third-order valence-electron chi connectivity index (χ3n) is 5.27. The molecule has 2 aromatic heterocycles. The zero-order chi connectivity index (χ0) is 21.0. The van der Waals surface area contributed by atoms with Crippen molar-refractivity contribution >= 4 is 28.7 Å². The molecule has 29 heavy (non-hydrogen) atoms. The van der Waals surface area contributed by atoms with Crippen molar-refractivity contribution in [2.75, 3.05) is 11.4 Å². The van der Waals surface area contributed by atoms with Crippen LogP contribution in [0.2, 0.25) is 0 Å². The highest BCUT2D eigenvalue weighted by Gasteiger charge is 2.30. The maximum Gasteiger partial charge on any atom is 0.332 e. The maximum atomic E-state index is 13.1. The lowest BCUT2D eigenvalue weighted by Gasteiger charge is -2.33. The molecule has 1 atom stereocenters. The minimum Gasteiger partial charge on any atom is -0.368 e. The quantitative estimate of drug-likeness (QED) is 0.704. The minimum atomic E-state index is -0.743. The Hall–Kier alpha value is -3.36. The van der Waals surface area contributed by atoms with Gasteiger partial charge in [-0.05, 0) is 43.0 Å². The second-order valence-electron chi connectivity index (χ2n) is 7.96. The number of rotatable bonds is 3. The number of benzene rings is 1. The molecule has 4 rings (SSSR count). The second-order valence-corrected chi connectivity index (χ2v) is 7.96. The largest absolute Gasteiger partial charge is 0.368 e. The van der Waals surface area contributed by atoms with Crippen molar-refractivity contribution < 1.29 is 4.79 Å². The van der Waals surface area contributed by atoms with E-state index in [1.54, 1.807) is 7.05 Å². The van der Waals surface area contributed by atoms with Crippen LogP contribution in [0.15, 0.2) is 27.8 Å². The first-order valence-corrected chi connectivity index (χ1v) is 9.51. The highest BCUT2D eigenvalue weighted by atomic mass is 16.2. The molecule has 3 aromatic rings. The molecule has 0 fully saturated rings. The topological polar surface area (TPSA) is 108 Å². The molecule has 152 valence electrons. The number of aryl methyl sites for hydroxylation is 3. The summed E-state index contributed by atoms with van der Waals surface area (Å²) in [6, 6.07) is 6.27. The fourth-order valence-electron chi connectivity index (χ4n) is 4.12. The van der Waals surface area contributed by atoms with Gasteiger partial charge in [-0.3, -0.25) is 14.2 Å². The van der Waals surface area contributed by atoms with Crippen LogP contribution >= 0.6 is 0 Å². The van der Waals surface area contributed by atoms with Gasteiger partial charge in [0.2, 0.25) is 11.9 Å². The van der Waals surface area contributed by atoms with E-state index < -0.39 is 23.7 Å². The lowest BCUT2D eigenvalue weighted by Crippen LogP contribution is -2.43. The van der Waals surface area contributed by atoms with Crippen molar-refractivity contribution in [1.29, 1.82) is 0 Å². The second kappa shape index (κ2) is 6.61. The van der Waals surface area contributed by atoms with Gasteiger partial charge in [-0.1, -0.05) is 13.0 Å². The van der Waals surface area contributed by atoms with Gasteiger partial charge in [0.05, 0.1) is 0 Å². The standard InChI is InChI=1S/C20H24N6O3/c1-11-5-12(2)7-14(6-11)24-8-13(3)9-25-16-17(22-19(24)25)23(4)20(29)26(18(16)28)10-15(21)27/h5-7,13H,8-10H2,1-4H3,(H2,21,27). The number of carbonyl (C=O) groups is 1. The van der Waals surface area contributed by atoms with E-state index in [0.29, 0.717) is 23.7 Å². The maximum absolute atomic E-state index is 13.1. The van der Waals surface area contributed by atoms with Crippen LogP contribution in [-0.2, 0) is 24.9 Å². The molecule has 1 aliphatic rings. The average Bonchev–Trinajstić information content (AvgIpc) is 3.01. The summed E-state index contributed by atoms with van der Waals surface area (Å²) in [7, 11) is 1.55. The molecule has 0 bridgehead atoms. The van der Waals surface area contributed by atoms with Crippen LogP contribution in [0.25, 0.3) is 11.2 Å². The number of hydrogen-bond donors (Lipinski definition) is 1. The van der Waals surface area contributed by atoms with E-state index in [0.717, 1.165) is 27.9 Å². The third-order valence-corrected chi connectivity index (χ3v) is 5.27. The molecular weight excluding hydrogens is 372 g/mol. The SMILES string of the molecule is Cc1cc(C)cc(N2CC(C)Cn3c2nc2c3c(=O)n(CC(N)=O)c(=O)n2C)c1. The van der Waals surface area contributed by atoms with Crippen LogP contribution in [0, 0.1) is 19.8 Å². The highest BCUT2D eigenvalue weighted by molar-refractivity contribution is 5.78. The van der Waals surface area contributed by atoms with E-state index in [2.05, 4.69) is 35.0 Å². The molecule has 0 saturated carbocycles. The molecule has 9 nitrogen and oxygen atoms in total. The fraction of sp³-hybridized carbons (Fsp3) is 0.400. The molecule has 1 amide bonds. The van der Waals surface area contributed by atoms with Crippen molar-refractivity contribution in [3.05, 3.63) is 50.2 Å². The van der Waals surface area contributed by atoms with E-state index in [1.807, 2.05) is 18.4 Å². The summed E-state index contributed by atoms with van der Waals surface area (Å²) in [5, 5.41) is 0. The number of imidazole rings is 1. The van der Waals surface area contributed by atoms with Crippen LogP contribution < -0.4 is 21.9 Å². The summed E-state index contributed by atoms with van der Waals surface area (Å²) in [5.74, 6) is 0.126. The van der Waals surface area contributed by atoms with Gasteiger partial charge in [-0.25, -0.2) is 9.36 Å². The molecule has 0 radical (unpaired) electrons. The average molecular weight is 396 g/mol. The van der Waals surface area contributed by atoms with Crippen LogP contribution in [0.3, 0.4) is 0 Å². The summed E-state index contributed by atoms with van der Waals surface area (Å²) in [6.45, 7) is 7.07. The number of fused-ring (bicyclic) bond motifs is 3. The Labute approximate surface area is 167 Å². The number of nitrogens with zero attached hydrogens (tertiary/aromatic N) is 5. The van der Waals surface area contributed by atoms with E-state index >= 15 is 0 Å². The molecule has 3 heterocycles. The Kier molecular flexibility index (Phi) is 4.33. The summed E-state index contributed by atoms with van der Waals surface area (Å²) in [5.41, 5.74) is 7.97. The van der Waals surface area contributed by atoms with E-state index in [-0.39, 0.29) is 5.92 Å². The normalized spacial score (nSPS) is 16.3. The number of aromatic nitrogens is 4. The predicted octanol–water partition coefficient (Wildman–Crippen LogP) is 0.787. The van der Waals surface area contributed by atoms with Crippen molar-refractivity contribution in [2.45, 2.75) is 33.9 Å². The Morgan fingerprint density at radius 3 is 2.45 bits per heavy atom. The van der Waals surface area contributed by atoms with Crippen LogP contribution in [-0.4, -0.2) is 31.1 Å². The molecule has 2 N–H and O–H groups in total. The van der Waals surface area contributed by atoms with Gasteiger partial charge in [0.25, 0.3) is 5.56 Å². The van der Waals surface area contributed by atoms with Gasteiger partial charge in [-0.2, -0.15) is 4.98 Å². The van der Waals surface area contributed by atoms with Crippen molar-refractivity contribution in [3.63, 3.8) is 0 Å². The number of carbonyl (C=O) groups excluding carboxylic acids is 1. The monoisotopic (exact) mass is 396 g/mol. The lowest BCUT2D eigenvalue weighted by atomic mass is 10.1. The first kappa shape index (κ1) is 19.0. The molecule has 0 saturated heterocycles. The summed E-state index contributed by atoms with van der Waals surface area (Å²) in [4.78, 5) is 43.8. The Balaban J connectivity index is 2.02. The zero-order valence-corrected chi connectivity index (χ0v) is 17.0. The first-order chi connectivity index (χ1) is 13.7. The number of anilines is 2. The number of nitrogens with two attached hydrogens (primary N) is 1. The van der Waals surface area contributed by atoms with Crippen molar-refractivity contribution in [3.8, 4) is 0 Å². The number of hydrogen-bond acceptors (Lipinski definition) is 5. The minimum absolute atomic E-state index is 0.252. The molecule has 1 aromatic carbocycles. The van der Waals surface area contributed by atoms with Crippen LogP contribution in [0.5, 0.6) is 0 Å². The zero-order valence-electron chi connectivity index (χ0n) is 17.0. The number of primary amides is 1. The van der Waals surface area contributed by atoms with Gasteiger partial charge in [0, 0.05) is 25.8 Å². The Morgan fingerprint density at radius 2 is 1.83 bits per heavy atom. The van der Waals surface area contributed by atoms with E-state index in [9.17, 15) is 14.4 Å². The Morgan fingerprint density at radius 1 is 1.17 bits per heavy atom. The van der Waals surface area contributed by atoms with Gasteiger partial charge in [0.1, 0.15) is 6.54 Å². The highest BCUT2D eigenvalue weighted by Crippen LogP contribution is 2.33. The molecule has 0 spiro atoms. The first-order valence-electron chi connectivity index (χ1n) is 9.51. The van der Waals surface area contributed by atoms with E-state index in [4.69, 9.17) is 5.73 Å². The van der Waals surface area contributed by atoms with Gasteiger partial charge in [-0.15, -0.1) is 0 Å². The van der Waals surface area contributed by atoms with E-state index in [1.165, 1.54) is 4.57 Å². The molecule has 1 unspecified atom stereocenters. The third kappa shape index (κ3) is 3.02. The molecule has 1 aliphatic heterocycles. The lowest BCUT2D eigenvalue weighted by molar-refractivity contribution is -0.118.